The van der Waals surface area contributed by atoms with Crippen molar-refractivity contribution in [3.05, 3.63) is 35.9 Å². The molecule has 1 aromatic rings. The largest absolute Gasteiger partial charge is 0.490 e. The Bertz CT molecular complexity index is 3140. The van der Waals surface area contributed by atoms with Crippen molar-refractivity contribution in [3.8, 4) is 0 Å². The van der Waals surface area contributed by atoms with Gasteiger partial charge in [0.2, 0.25) is 65.0 Å². The second-order valence-electron chi connectivity index (χ2n) is 26.4. The number of carbonyl (C=O) groups is 14. The molecule has 2 aliphatic rings. The lowest BCUT2D eigenvalue weighted by atomic mass is 9.89. The van der Waals surface area contributed by atoms with Gasteiger partial charge in [0.05, 0.1) is 31.4 Å². The van der Waals surface area contributed by atoms with Gasteiger partial charge in [-0.05, 0) is 86.5 Å². The van der Waals surface area contributed by atoms with Crippen LogP contribution in [0.25, 0.3) is 0 Å². The Labute approximate surface area is 605 Å². The van der Waals surface area contributed by atoms with Crippen LogP contribution in [0.5, 0.6) is 0 Å². The summed E-state index contributed by atoms with van der Waals surface area (Å²) in [7, 11) is 0. The third-order valence-electron chi connectivity index (χ3n) is 16.3. The van der Waals surface area contributed by atoms with Crippen LogP contribution in [0.2, 0.25) is 0 Å². The summed E-state index contributed by atoms with van der Waals surface area (Å²) in [5.74, 6) is -23.0. The highest BCUT2D eigenvalue weighted by atomic mass is 19.4. The van der Waals surface area contributed by atoms with E-state index in [0.29, 0.717) is 19.3 Å². The van der Waals surface area contributed by atoms with Crippen molar-refractivity contribution < 1.29 is 129 Å². The molecule has 600 valence electrons. The number of carboxylic acid groups (broad SMARTS) is 2. The second-order valence-corrected chi connectivity index (χ2v) is 26.4. The Morgan fingerprint density at radius 2 is 1.14 bits per heavy atom. The maximum atomic E-state index is 15.5. The van der Waals surface area contributed by atoms with Crippen LogP contribution >= 0.6 is 0 Å². The van der Waals surface area contributed by atoms with Crippen LogP contribution in [-0.2, 0) is 71.9 Å². The third-order valence-corrected chi connectivity index (χ3v) is 16.3. The smallest absolute Gasteiger partial charge is 0.475 e. The van der Waals surface area contributed by atoms with Gasteiger partial charge < -0.3 is 111 Å². The standard InChI is InChI=1S/C60H99N15O17.2C2HF3O2/c1-11-30(9)40-54(86)72-41(31(10)77)53(85)66-25-39(78)70-44(47(80)49(62)81)57(89)69-38(26-76)59(91)92-48(33-17-14-13-15-18-33)45(75-55(87)42(34(12-2)32-20-21-32)73-50(82)35(61)23-27(3)4)58(90)74-43(46(79)29(7)8)56(88)68-37(24-28(5)6)52(84)67-36(51(83)71-40)19-16-22-65-60(63)64;2*3-2(4,5)1(6)7/h13-15,17-18,27-32,34-38,40-48,76-77,79-80H,11-12,16,19-26,61H2,1-10H3,(H2,62,81)(H,66,85)(H,67,84)(H,68,88)(H,69,89)(H,70,78)(H,71,83)(H,72,86)(H,73,82)(H,74,90)(H,75,87)(H4,63,64,65);2*(H,6,7)/t30-,31-,34?,35+,36+,37-,38-,40-,41-,42-,43-,44-,45-,46+,47-,48+;;/m0../s1. The van der Waals surface area contributed by atoms with Crippen LogP contribution in [0.1, 0.15) is 132 Å². The SMILES string of the molecule is CCC(C1CC1)[C@H](NC(=O)[C@H](N)CC(C)C)C(=O)N[C@@H]1C(=O)N[C@@H]([C@H](O)C(C)C)C(=O)N[C@@H](CC(C)C)C(=O)N[C@H](CCCNC(=N)N)C(=O)N[C@@H]([C@@H](C)CC)C(=O)N[C@@H]([C@H](C)O)C(=O)NCC(=O)N[C@@H]([C@H](O)C(N)=O)C(=O)N[C@@H](CO)C(=O)O[C@@H]1c1ccccc1.O=C(O)C(F)(F)F.O=C(O)C(F)(F)F. The highest BCUT2D eigenvalue weighted by Gasteiger charge is 2.47. The van der Waals surface area contributed by atoms with E-state index in [9.17, 15) is 94.7 Å². The van der Waals surface area contributed by atoms with Gasteiger partial charge in [0.15, 0.2) is 24.2 Å². The van der Waals surface area contributed by atoms with E-state index < -0.39 is 217 Å². The van der Waals surface area contributed by atoms with Gasteiger partial charge >= 0.3 is 30.3 Å². The summed E-state index contributed by atoms with van der Waals surface area (Å²) in [6.45, 7) is 13.8. The Morgan fingerprint density at radius 3 is 1.60 bits per heavy atom. The molecular weight excluding hydrogens is 1430 g/mol. The van der Waals surface area contributed by atoms with Crippen LogP contribution in [0.3, 0.4) is 0 Å². The van der Waals surface area contributed by atoms with Crippen molar-refractivity contribution in [2.45, 2.75) is 218 Å². The summed E-state index contributed by atoms with van der Waals surface area (Å²) in [4.78, 5) is 189. The molecule has 3 rings (SSSR count). The summed E-state index contributed by atoms with van der Waals surface area (Å²) in [6.07, 6.45) is -16.4. The molecule has 1 heterocycles. The number of carboxylic acids is 2. The molecule has 1 saturated carbocycles. The first-order chi connectivity index (χ1) is 49.1. The minimum absolute atomic E-state index is 0.0168. The van der Waals surface area contributed by atoms with Crippen molar-refractivity contribution in [1.82, 2.24) is 58.5 Å². The molecule has 0 bridgehead atoms. The number of benzene rings is 1. The van der Waals surface area contributed by atoms with E-state index in [0.717, 1.165) is 6.92 Å². The van der Waals surface area contributed by atoms with Crippen molar-refractivity contribution in [1.29, 1.82) is 5.41 Å². The number of rotatable bonds is 24. The fourth-order valence-corrected chi connectivity index (χ4v) is 10.3. The summed E-state index contributed by atoms with van der Waals surface area (Å²) < 4.78 is 69.5. The van der Waals surface area contributed by atoms with Gasteiger partial charge in [-0.2, -0.15) is 26.3 Å². The predicted molar refractivity (Wildman–Crippen MR) is 360 cm³/mol. The zero-order chi connectivity index (χ0) is 81.6. The van der Waals surface area contributed by atoms with Gasteiger partial charge in [0.1, 0.15) is 48.3 Å². The van der Waals surface area contributed by atoms with Crippen LogP contribution < -0.4 is 75.7 Å². The number of nitrogens with two attached hydrogens (primary N) is 3. The third kappa shape index (κ3) is 32.4. The molecule has 0 radical (unpaired) electrons. The number of carbonyl (C=O) groups excluding carboxylic acids is 12. The van der Waals surface area contributed by atoms with E-state index in [2.05, 4.69) is 53.2 Å². The predicted octanol–water partition coefficient (Wildman–Crippen LogP) is -3.57. The molecule has 16 atom stereocenters. The molecule has 36 nitrogen and oxygen atoms in total. The monoisotopic (exact) mass is 1530 g/mol. The van der Waals surface area contributed by atoms with Gasteiger partial charge in [0.25, 0.3) is 0 Å². The number of hydrogen-bond acceptors (Lipinski definition) is 21. The van der Waals surface area contributed by atoms with Gasteiger partial charge in [0, 0.05) is 6.54 Å². The van der Waals surface area contributed by atoms with Crippen molar-refractivity contribution in [2.75, 3.05) is 19.7 Å². The molecule has 1 saturated heterocycles. The van der Waals surface area contributed by atoms with Crippen LogP contribution in [0, 0.1) is 40.9 Å². The number of amides is 11. The zero-order valence-electron chi connectivity index (χ0n) is 60.0. The Kier molecular flexibility index (Phi) is 39.6. The zero-order valence-corrected chi connectivity index (χ0v) is 60.0. The average Bonchev–Trinajstić information content (AvgIpc) is 1.34. The fourth-order valence-electron chi connectivity index (χ4n) is 10.3. The number of aliphatic carboxylic acids is 2. The van der Waals surface area contributed by atoms with E-state index in [-0.39, 0.29) is 62.0 Å². The molecule has 42 heteroatoms. The van der Waals surface area contributed by atoms with Gasteiger partial charge in [-0.1, -0.05) is 105 Å². The van der Waals surface area contributed by atoms with Crippen LogP contribution in [0.15, 0.2) is 30.3 Å². The number of halogens is 6. The number of guanidine groups is 1. The number of nitrogens with one attached hydrogen (secondary N) is 12. The maximum Gasteiger partial charge on any atom is 0.490 e. The first kappa shape index (κ1) is 94.5. The average molecular weight is 1530 g/mol. The lowest BCUT2D eigenvalue weighted by Gasteiger charge is -2.34. The minimum atomic E-state index is -5.08. The van der Waals surface area contributed by atoms with Crippen LogP contribution in [0.4, 0.5) is 26.3 Å². The number of aliphatic hydroxyl groups is 4. The second kappa shape index (κ2) is 44.4. The molecule has 1 aromatic carbocycles. The topological polar surface area (TPSA) is 604 Å². The molecule has 0 aromatic heterocycles. The first-order valence-corrected chi connectivity index (χ1v) is 33.7. The Balaban J connectivity index is 0.00000362. The summed E-state index contributed by atoms with van der Waals surface area (Å²) in [6, 6.07) is -10.6. The molecule has 1 aliphatic heterocycles. The number of hydrogen-bond donors (Lipinski definition) is 21. The maximum absolute atomic E-state index is 15.5. The van der Waals surface area contributed by atoms with E-state index in [1.54, 1.807) is 34.6 Å². The minimum Gasteiger partial charge on any atom is -0.475 e. The molecule has 1 unspecified atom stereocenters. The van der Waals surface area contributed by atoms with Gasteiger partial charge in [-0.3, -0.25) is 58.1 Å². The molecule has 1 aliphatic carbocycles. The molecule has 24 N–H and O–H groups in total. The summed E-state index contributed by atoms with van der Waals surface area (Å²) in [5.41, 5.74) is 17.1. The van der Waals surface area contributed by atoms with E-state index >= 15 is 9.59 Å². The number of ether oxygens (including phenoxy) is 1. The molecule has 2 fully saturated rings. The van der Waals surface area contributed by atoms with Crippen LogP contribution in [-0.4, -0.2) is 230 Å². The molecule has 11 amide bonds. The summed E-state index contributed by atoms with van der Waals surface area (Å²) >= 11 is 0. The number of cyclic esters (lactones) is 1. The van der Waals surface area contributed by atoms with Crippen molar-refractivity contribution >= 4 is 88.8 Å². The van der Waals surface area contributed by atoms with Crippen molar-refractivity contribution in [2.24, 2.45) is 52.7 Å². The summed E-state index contributed by atoms with van der Waals surface area (Å²) in [5, 5.41) is 93.1. The lowest BCUT2D eigenvalue weighted by molar-refractivity contribution is -0.193. The lowest BCUT2D eigenvalue weighted by Crippen LogP contribution is -2.64. The van der Waals surface area contributed by atoms with Gasteiger partial charge in [-0.25, -0.2) is 14.4 Å². The number of primary amides is 1. The Hall–Kier alpha value is -9.55. The quantitative estimate of drug-likeness (QED) is 0.0157. The number of alkyl halides is 6. The first-order valence-electron chi connectivity index (χ1n) is 33.7. The fraction of sp³-hybridized carbons (Fsp3) is 0.672. The highest BCUT2D eigenvalue weighted by Crippen LogP contribution is 2.40. The molecule has 0 spiro atoms. The van der Waals surface area contributed by atoms with E-state index in [1.165, 1.54) is 44.2 Å². The van der Waals surface area contributed by atoms with E-state index in [1.807, 2.05) is 19.2 Å². The van der Waals surface area contributed by atoms with Gasteiger partial charge in [-0.15, -0.1) is 0 Å². The number of esters is 1. The van der Waals surface area contributed by atoms with E-state index in [4.69, 9.17) is 47.1 Å². The molecular formula is C64H101F6N15O21. The highest BCUT2D eigenvalue weighted by molar-refractivity contribution is 6.00. The number of aliphatic hydroxyl groups excluding tert-OH is 4. The molecule has 106 heavy (non-hydrogen) atoms. The Morgan fingerprint density at radius 1 is 0.642 bits per heavy atom. The van der Waals surface area contributed by atoms with Crippen molar-refractivity contribution in [3.63, 3.8) is 0 Å². The normalized spacial score (nSPS) is 23.7.